The maximum absolute atomic E-state index is 13.1. The number of benzene rings is 2. The molecule has 0 unspecified atom stereocenters. The van der Waals surface area contributed by atoms with Gasteiger partial charge in [0, 0.05) is 39.6 Å². The first-order valence-corrected chi connectivity index (χ1v) is 13.1. The second kappa shape index (κ2) is 9.74. The lowest BCUT2D eigenvalue weighted by Gasteiger charge is -2.14. The number of halogens is 1. The molecule has 0 saturated heterocycles. The smallest absolute Gasteiger partial charge is 0.265 e. The van der Waals surface area contributed by atoms with Crippen LogP contribution in [0, 0.1) is 17.4 Å². The molecule has 0 spiro atoms. The molecular formula is C24H24IN5O4S. The number of hydrogen-bond acceptors (Lipinski definition) is 5. The Hall–Kier alpha value is -3.32. The fourth-order valence-corrected chi connectivity index (χ4v) is 5.42. The van der Waals surface area contributed by atoms with E-state index in [1.54, 1.807) is 47.3 Å². The van der Waals surface area contributed by atoms with Gasteiger partial charge in [-0.2, -0.15) is 5.10 Å². The first-order chi connectivity index (χ1) is 16.6. The fraction of sp³-hybridized carbons (Fsp3) is 0.167. The summed E-state index contributed by atoms with van der Waals surface area (Å²) in [6.07, 6.45) is 3.59. The van der Waals surface area contributed by atoms with E-state index in [1.165, 1.54) is 19.2 Å². The summed E-state index contributed by atoms with van der Waals surface area (Å²) in [5, 5.41) is 7.01. The largest absolute Gasteiger partial charge is 0.495 e. The standard InChI is InChI=1S/C24H24IN5O4S/c1-15-11-21(16(2)30(15)20-13-26-29(3)14-20)24(31)27-19-9-10-22(34-4)23(12-19)35(32,33)28-18-7-5-17(25)6-8-18/h5-14,28H,1-4H3,(H,27,31). The highest BCUT2D eigenvalue weighted by Crippen LogP contribution is 2.30. The van der Waals surface area contributed by atoms with Crippen LogP contribution in [0.3, 0.4) is 0 Å². The number of hydrogen-bond donors (Lipinski definition) is 2. The molecule has 35 heavy (non-hydrogen) atoms. The molecule has 0 radical (unpaired) electrons. The summed E-state index contributed by atoms with van der Waals surface area (Å²) in [4.78, 5) is 13.0. The van der Waals surface area contributed by atoms with Crippen molar-refractivity contribution >= 4 is 49.9 Å². The van der Waals surface area contributed by atoms with Crippen LogP contribution in [0.25, 0.3) is 5.69 Å². The van der Waals surface area contributed by atoms with E-state index in [0.717, 1.165) is 20.6 Å². The van der Waals surface area contributed by atoms with Crippen molar-refractivity contribution in [3.63, 3.8) is 0 Å². The molecule has 2 aromatic carbocycles. The van der Waals surface area contributed by atoms with Crippen LogP contribution in [-0.4, -0.2) is 35.8 Å². The maximum atomic E-state index is 13.1. The van der Waals surface area contributed by atoms with Gasteiger partial charge in [0.05, 0.1) is 24.6 Å². The van der Waals surface area contributed by atoms with Gasteiger partial charge >= 0.3 is 0 Å². The molecule has 4 aromatic rings. The Morgan fingerprint density at radius 3 is 2.37 bits per heavy atom. The van der Waals surface area contributed by atoms with Gasteiger partial charge in [-0.15, -0.1) is 0 Å². The predicted molar refractivity (Wildman–Crippen MR) is 143 cm³/mol. The van der Waals surface area contributed by atoms with Crippen molar-refractivity contribution in [1.82, 2.24) is 14.3 Å². The number of anilines is 2. The zero-order valence-electron chi connectivity index (χ0n) is 19.5. The molecule has 182 valence electrons. The molecular weight excluding hydrogens is 581 g/mol. The molecule has 0 aliphatic heterocycles. The number of ether oxygens (including phenoxy) is 1. The summed E-state index contributed by atoms with van der Waals surface area (Å²) >= 11 is 2.14. The highest BCUT2D eigenvalue weighted by atomic mass is 127. The maximum Gasteiger partial charge on any atom is 0.265 e. The van der Waals surface area contributed by atoms with E-state index < -0.39 is 10.0 Å². The highest BCUT2D eigenvalue weighted by Gasteiger charge is 2.22. The molecule has 0 atom stereocenters. The number of nitrogens with one attached hydrogen (secondary N) is 2. The number of methoxy groups -OCH3 is 1. The lowest BCUT2D eigenvalue weighted by molar-refractivity contribution is 0.102. The summed E-state index contributed by atoms with van der Waals surface area (Å²) in [6, 6.07) is 13.2. The molecule has 2 aromatic heterocycles. The average Bonchev–Trinajstić information content (AvgIpc) is 3.36. The van der Waals surface area contributed by atoms with Crippen molar-refractivity contribution in [3.8, 4) is 11.4 Å². The Bertz CT molecular complexity index is 1510. The molecule has 11 heteroatoms. The normalized spacial score (nSPS) is 11.3. The monoisotopic (exact) mass is 605 g/mol. The Labute approximate surface area is 217 Å². The Kier molecular flexibility index (Phi) is 6.90. The van der Waals surface area contributed by atoms with Crippen LogP contribution in [-0.2, 0) is 17.1 Å². The second-order valence-corrected chi connectivity index (χ2v) is 10.8. The van der Waals surface area contributed by atoms with E-state index in [4.69, 9.17) is 4.74 Å². The summed E-state index contributed by atoms with van der Waals surface area (Å²) in [7, 11) is -0.758. The van der Waals surface area contributed by atoms with E-state index >= 15 is 0 Å². The predicted octanol–water partition coefficient (Wildman–Crippen LogP) is 4.49. The van der Waals surface area contributed by atoms with E-state index in [9.17, 15) is 13.2 Å². The molecule has 9 nitrogen and oxygen atoms in total. The SMILES string of the molecule is COc1ccc(NC(=O)c2cc(C)n(-c3cnn(C)c3)c2C)cc1S(=O)(=O)Nc1ccc(I)cc1. The number of aromatic nitrogens is 3. The zero-order valence-corrected chi connectivity index (χ0v) is 22.5. The number of sulfonamides is 1. The summed E-state index contributed by atoms with van der Waals surface area (Å²) in [5.74, 6) is -0.192. The van der Waals surface area contributed by atoms with Crippen LogP contribution in [0.4, 0.5) is 11.4 Å². The first kappa shape index (κ1) is 24.8. The minimum Gasteiger partial charge on any atom is -0.495 e. The number of carbonyl (C=O) groups excluding carboxylic acids is 1. The average molecular weight is 605 g/mol. The van der Waals surface area contributed by atoms with Crippen molar-refractivity contribution < 1.29 is 17.9 Å². The third-order valence-electron chi connectivity index (χ3n) is 5.43. The minimum atomic E-state index is -3.98. The zero-order chi connectivity index (χ0) is 25.3. The van der Waals surface area contributed by atoms with Gasteiger partial charge in [-0.05, 0) is 85.0 Å². The Morgan fingerprint density at radius 1 is 1.06 bits per heavy atom. The lowest BCUT2D eigenvalue weighted by atomic mass is 10.2. The number of aryl methyl sites for hydroxylation is 2. The molecule has 0 aliphatic carbocycles. The second-order valence-electron chi connectivity index (χ2n) is 7.92. The van der Waals surface area contributed by atoms with Gasteiger partial charge in [-0.3, -0.25) is 14.2 Å². The van der Waals surface area contributed by atoms with Crippen LogP contribution in [0.5, 0.6) is 5.75 Å². The molecule has 0 aliphatic rings. The fourth-order valence-electron chi connectivity index (χ4n) is 3.80. The molecule has 0 fully saturated rings. The van der Waals surface area contributed by atoms with E-state index in [-0.39, 0.29) is 16.6 Å². The van der Waals surface area contributed by atoms with Crippen molar-refractivity contribution in [3.05, 3.63) is 81.4 Å². The topological polar surface area (TPSA) is 107 Å². The summed E-state index contributed by atoms with van der Waals surface area (Å²) in [6.45, 7) is 3.76. The van der Waals surface area contributed by atoms with Gasteiger partial charge in [-0.1, -0.05) is 0 Å². The van der Waals surface area contributed by atoms with Crippen LogP contribution in [0.2, 0.25) is 0 Å². The van der Waals surface area contributed by atoms with Crippen molar-refractivity contribution in [1.29, 1.82) is 0 Å². The van der Waals surface area contributed by atoms with Crippen molar-refractivity contribution in [2.75, 3.05) is 17.1 Å². The third-order valence-corrected chi connectivity index (χ3v) is 7.55. The van der Waals surface area contributed by atoms with Gasteiger partial charge in [0.1, 0.15) is 10.6 Å². The number of amides is 1. The van der Waals surface area contributed by atoms with Gasteiger partial charge < -0.3 is 14.6 Å². The van der Waals surface area contributed by atoms with Crippen LogP contribution in [0.15, 0.2) is 65.8 Å². The molecule has 1 amide bonds. The van der Waals surface area contributed by atoms with Gasteiger partial charge in [0.25, 0.3) is 15.9 Å². The number of rotatable bonds is 7. The number of carbonyl (C=O) groups is 1. The summed E-state index contributed by atoms with van der Waals surface area (Å²) < 4.78 is 38.7. The Morgan fingerprint density at radius 2 is 1.74 bits per heavy atom. The Balaban J connectivity index is 1.63. The highest BCUT2D eigenvalue weighted by molar-refractivity contribution is 14.1. The van der Waals surface area contributed by atoms with Gasteiger partial charge in [0.2, 0.25) is 0 Å². The number of nitrogens with zero attached hydrogens (tertiary/aromatic N) is 3. The lowest BCUT2D eigenvalue weighted by Crippen LogP contribution is -2.16. The van der Waals surface area contributed by atoms with E-state index in [0.29, 0.717) is 16.9 Å². The molecule has 0 saturated carbocycles. The molecule has 4 rings (SSSR count). The molecule has 2 heterocycles. The van der Waals surface area contributed by atoms with Gasteiger partial charge in [-0.25, -0.2) is 8.42 Å². The van der Waals surface area contributed by atoms with Crippen LogP contribution in [0.1, 0.15) is 21.7 Å². The molecule has 0 bridgehead atoms. The molecule has 2 N–H and O–H groups in total. The quantitative estimate of drug-likeness (QED) is 0.302. The third kappa shape index (κ3) is 5.20. The summed E-state index contributed by atoms with van der Waals surface area (Å²) in [5.41, 5.74) is 3.69. The van der Waals surface area contributed by atoms with Crippen molar-refractivity contribution in [2.24, 2.45) is 7.05 Å². The van der Waals surface area contributed by atoms with E-state index in [2.05, 4.69) is 37.7 Å². The van der Waals surface area contributed by atoms with Crippen LogP contribution < -0.4 is 14.8 Å². The minimum absolute atomic E-state index is 0.0859. The van der Waals surface area contributed by atoms with E-state index in [1.807, 2.05) is 31.7 Å². The van der Waals surface area contributed by atoms with Gasteiger partial charge in [0.15, 0.2) is 0 Å². The first-order valence-electron chi connectivity index (χ1n) is 10.5. The van der Waals surface area contributed by atoms with Crippen LogP contribution >= 0.6 is 22.6 Å². The van der Waals surface area contributed by atoms with Crippen molar-refractivity contribution in [2.45, 2.75) is 18.7 Å².